The highest BCUT2D eigenvalue weighted by Gasteiger charge is 2.34. The van der Waals surface area contributed by atoms with Crippen molar-refractivity contribution in [3.8, 4) is 11.6 Å². The molecule has 2 aromatic carbocycles. The van der Waals surface area contributed by atoms with Crippen LogP contribution in [-0.2, 0) is 13.6 Å². The molecule has 0 unspecified atom stereocenters. The molecule has 4 aromatic rings. The molecule has 1 aliphatic heterocycles. The van der Waals surface area contributed by atoms with E-state index in [-0.39, 0.29) is 17.9 Å². The highest BCUT2D eigenvalue weighted by Crippen LogP contribution is 2.38. The molecule has 8 heteroatoms. The van der Waals surface area contributed by atoms with Crippen LogP contribution in [0.3, 0.4) is 0 Å². The number of nitrogens with zero attached hydrogens (tertiary/aromatic N) is 5. The molecule has 0 spiro atoms. The second-order valence-corrected chi connectivity index (χ2v) is 8.14. The molecule has 33 heavy (non-hydrogen) atoms. The van der Waals surface area contributed by atoms with E-state index in [1.807, 2.05) is 51.4 Å². The summed E-state index contributed by atoms with van der Waals surface area (Å²) in [6.07, 6.45) is 1.82. The lowest BCUT2D eigenvalue weighted by Gasteiger charge is -2.36. The summed E-state index contributed by atoms with van der Waals surface area (Å²) in [5.74, 6) is 1.04. The number of aromatic nitrogens is 3. The molecule has 0 saturated carbocycles. The quantitative estimate of drug-likeness (QED) is 0.429. The van der Waals surface area contributed by atoms with E-state index in [0.717, 1.165) is 22.2 Å². The van der Waals surface area contributed by atoms with Gasteiger partial charge in [0.25, 0.3) is 0 Å². The predicted molar refractivity (Wildman–Crippen MR) is 127 cm³/mol. The number of benzene rings is 2. The number of methoxy groups -OCH3 is 1. The van der Waals surface area contributed by atoms with Gasteiger partial charge >= 0.3 is 6.03 Å². The summed E-state index contributed by atoms with van der Waals surface area (Å²) >= 11 is 0. The number of fused-ring (bicyclic) bond motifs is 2. The van der Waals surface area contributed by atoms with Crippen LogP contribution in [0.2, 0.25) is 0 Å². The summed E-state index contributed by atoms with van der Waals surface area (Å²) in [5.41, 5.74) is 2.91. The number of carbonyl (C=O) groups is 1. The Morgan fingerprint density at radius 2 is 1.85 bits per heavy atom. The fraction of sp³-hybridized carbons (Fsp3) is 0.240. The van der Waals surface area contributed by atoms with E-state index >= 15 is 0 Å². The molecule has 2 amide bonds. The lowest BCUT2D eigenvalue weighted by Crippen LogP contribution is -2.45. The second kappa shape index (κ2) is 8.12. The van der Waals surface area contributed by atoms with E-state index in [1.54, 1.807) is 27.8 Å². The molecule has 1 aliphatic rings. The Morgan fingerprint density at radius 3 is 2.61 bits per heavy atom. The van der Waals surface area contributed by atoms with E-state index in [4.69, 9.17) is 13.6 Å². The molecule has 168 valence electrons. The fourth-order valence-electron chi connectivity index (χ4n) is 3.94. The highest BCUT2D eigenvalue weighted by atomic mass is 16.5. The number of ether oxygens (including phenoxy) is 2. The van der Waals surface area contributed by atoms with Crippen LogP contribution in [0, 0.1) is 0 Å². The Morgan fingerprint density at radius 1 is 1.06 bits per heavy atom. The molecule has 0 atom stereocenters. The van der Waals surface area contributed by atoms with Gasteiger partial charge in [0, 0.05) is 35.9 Å². The first-order valence-corrected chi connectivity index (χ1v) is 10.6. The van der Waals surface area contributed by atoms with Gasteiger partial charge in [0.1, 0.15) is 11.6 Å². The lowest BCUT2D eigenvalue weighted by molar-refractivity contribution is 0.232. The van der Waals surface area contributed by atoms with Crippen LogP contribution in [0.25, 0.3) is 10.9 Å². The molecular formula is C25H25N5O3. The molecule has 0 bridgehead atoms. The first-order chi connectivity index (χ1) is 17.1. The van der Waals surface area contributed by atoms with Crippen molar-refractivity contribution in [2.75, 3.05) is 16.8 Å². The maximum atomic E-state index is 13.9. The lowest BCUT2D eigenvalue weighted by atomic mass is 10.1. The molecule has 2 aromatic heterocycles. The van der Waals surface area contributed by atoms with Crippen molar-refractivity contribution < 1.29 is 18.4 Å². The van der Waals surface area contributed by atoms with E-state index in [0.29, 0.717) is 23.9 Å². The summed E-state index contributed by atoms with van der Waals surface area (Å²) in [7, 11) is -0.715. The number of amides is 2. The van der Waals surface area contributed by atoms with Gasteiger partial charge in [0.15, 0.2) is 0 Å². The minimum Gasteiger partial charge on any atom is -0.497 e. The van der Waals surface area contributed by atoms with Gasteiger partial charge in [-0.1, -0.05) is 0 Å². The maximum absolute atomic E-state index is 13.9. The van der Waals surface area contributed by atoms with Gasteiger partial charge in [0.2, 0.25) is 5.88 Å². The van der Waals surface area contributed by atoms with Crippen LogP contribution in [-0.4, -0.2) is 33.9 Å². The Kier molecular flexibility index (Phi) is 4.30. The van der Waals surface area contributed by atoms with Gasteiger partial charge in [-0.3, -0.25) is 9.58 Å². The highest BCUT2D eigenvalue weighted by molar-refractivity contribution is 6.10. The standard InChI is InChI=1S/C25H25N5O3/c1-16(2)33-23-12-5-17-15-29(20-8-11-22-18(13-20)14-28(3)27-22)25(31)30(24(17)26-23)19-6-9-21(32-4)10-7-19/h5-14,16H,15H2,1-4H3/i4D3. The van der Waals surface area contributed by atoms with Crippen LogP contribution in [0.1, 0.15) is 23.5 Å². The summed E-state index contributed by atoms with van der Waals surface area (Å²) in [5, 5.41) is 5.33. The first kappa shape index (κ1) is 17.5. The van der Waals surface area contributed by atoms with Gasteiger partial charge in [-0.25, -0.2) is 9.69 Å². The molecule has 0 aliphatic carbocycles. The zero-order chi connectivity index (χ0) is 25.6. The Balaban J connectivity index is 1.57. The van der Waals surface area contributed by atoms with Crippen LogP contribution in [0.5, 0.6) is 11.6 Å². The minimum absolute atomic E-state index is 0.0812. The topological polar surface area (TPSA) is 72.7 Å². The van der Waals surface area contributed by atoms with Crippen molar-refractivity contribution in [3.05, 3.63) is 66.4 Å². The second-order valence-electron chi connectivity index (χ2n) is 8.14. The van der Waals surface area contributed by atoms with E-state index in [1.165, 1.54) is 17.0 Å². The molecule has 0 saturated heterocycles. The fourth-order valence-corrected chi connectivity index (χ4v) is 3.94. The third kappa shape index (κ3) is 3.84. The number of rotatable bonds is 5. The maximum Gasteiger partial charge on any atom is 0.335 e. The first-order valence-electron chi connectivity index (χ1n) is 12.1. The molecule has 0 radical (unpaired) electrons. The molecule has 0 fully saturated rings. The SMILES string of the molecule is [2H]C([2H])([2H])Oc1ccc(N2C(=O)N(c3ccc4nn(C)cc4c3)Cc3ccc(OC(C)C)nc32)cc1. The number of pyridine rings is 1. The molecule has 5 rings (SSSR count). The zero-order valence-corrected chi connectivity index (χ0v) is 18.5. The Hall–Kier alpha value is -4.07. The molecular weight excluding hydrogens is 418 g/mol. The summed E-state index contributed by atoms with van der Waals surface area (Å²) in [6.45, 7) is 4.14. The summed E-state index contributed by atoms with van der Waals surface area (Å²) < 4.78 is 34.4. The van der Waals surface area contributed by atoms with Gasteiger partial charge in [-0.2, -0.15) is 10.1 Å². The van der Waals surface area contributed by atoms with Gasteiger partial charge < -0.3 is 9.47 Å². The molecule has 3 heterocycles. The van der Waals surface area contributed by atoms with Crippen LogP contribution >= 0.6 is 0 Å². The average Bonchev–Trinajstić information content (AvgIpc) is 3.17. The Bertz CT molecular complexity index is 1430. The molecule has 0 N–H and O–H groups in total. The summed E-state index contributed by atoms with van der Waals surface area (Å²) in [6, 6.07) is 15.4. The number of hydrogen-bond acceptors (Lipinski definition) is 5. The number of urea groups is 1. The molecule has 8 nitrogen and oxygen atoms in total. The number of anilines is 3. The van der Waals surface area contributed by atoms with Crippen molar-refractivity contribution in [2.45, 2.75) is 26.5 Å². The van der Waals surface area contributed by atoms with Crippen molar-refractivity contribution in [1.82, 2.24) is 14.8 Å². The Labute approximate surface area is 196 Å². The van der Waals surface area contributed by atoms with Crippen LogP contribution in [0.4, 0.5) is 22.0 Å². The monoisotopic (exact) mass is 446 g/mol. The predicted octanol–water partition coefficient (Wildman–Crippen LogP) is 5.04. The van der Waals surface area contributed by atoms with Gasteiger partial charge in [-0.15, -0.1) is 0 Å². The number of carbonyl (C=O) groups excluding carboxylic acids is 1. The van der Waals surface area contributed by atoms with Crippen LogP contribution in [0.15, 0.2) is 60.8 Å². The van der Waals surface area contributed by atoms with Crippen LogP contribution < -0.4 is 19.3 Å². The number of aryl methyl sites for hydroxylation is 1. The van der Waals surface area contributed by atoms with E-state index in [9.17, 15) is 4.79 Å². The summed E-state index contributed by atoms with van der Waals surface area (Å²) in [4.78, 5) is 21.7. The van der Waals surface area contributed by atoms with E-state index in [2.05, 4.69) is 10.1 Å². The van der Waals surface area contributed by atoms with Crippen molar-refractivity contribution >= 4 is 34.1 Å². The van der Waals surface area contributed by atoms with Crippen molar-refractivity contribution in [1.29, 1.82) is 0 Å². The largest absolute Gasteiger partial charge is 0.497 e. The van der Waals surface area contributed by atoms with E-state index < -0.39 is 7.04 Å². The smallest absolute Gasteiger partial charge is 0.335 e. The average molecular weight is 447 g/mol. The number of hydrogen-bond donors (Lipinski definition) is 0. The van der Waals surface area contributed by atoms with Crippen molar-refractivity contribution in [3.63, 3.8) is 0 Å². The van der Waals surface area contributed by atoms with Crippen molar-refractivity contribution in [2.24, 2.45) is 7.05 Å². The van der Waals surface area contributed by atoms with Gasteiger partial charge in [-0.05, 0) is 62.4 Å². The minimum atomic E-state index is -2.57. The third-order valence-electron chi connectivity index (χ3n) is 5.38. The zero-order valence-electron chi connectivity index (χ0n) is 21.5. The normalized spacial score (nSPS) is 15.3. The van der Waals surface area contributed by atoms with Gasteiger partial charge in [0.05, 0.1) is 35.0 Å². The third-order valence-corrected chi connectivity index (χ3v) is 5.38.